The van der Waals surface area contributed by atoms with Gasteiger partial charge in [-0.25, -0.2) is 0 Å². The average molecular weight is 233 g/mol. The zero-order valence-electron chi connectivity index (χ0n) is 9.95. The van der Waals surface area contributed by atoms with Crippen LogP contribution in [0.2, 0.25) is 0 Å². The molecule has 0 unspecified atom stereocenters. The van der Waals surface area contributed by atoms with Crippen molar-refractivity contribution in [2.45, 2.75) is 13.8 Å². The highest BCUT2D eigenvalue weighted by Crippen LogP contribution is 2.31. The van der Waals surface area contributed by atoms with Crippen LogP contribution < -0.4 is 15.0 Å². The smallest absolute Gasteiger partial charge is 0.255 e. The minimum atomic E-state index is -0.119. The second-order valence-corrected chi connectivity index (χ2v) is 3.56. The zero-order chi connectivity index (χ0) is 12.3. The van der Waals surface area contributed by atoms with Gasteiger partial charge in [-0.3, -0.25) is 4.79 Å². The number of H-pyrrole nitrogens is 1. The van der Waals surface area contributed by atoms with Crippen molar-refractivity contribution in [3.05, 3.63) is 34.7 Å². The molecule has 0 aliphatic carbocycles. The second-order valence-electron chi connectivity index (χ2n) is 3.56. The highest BCUT2D eigenvalue weighted by molar-refractivity contribution is 5.85. The van der Waals surface area contributed by atoms with E-state index in [0.717, 1.165) is 5.39 Å². The first-order valence-corrected chi connectivity index (χ1v) is 5.67. The van der Waals surface area contributed by atoms with Gasteiger partial charge in [0, 0.05) is 6.20 Å². The van der Waals surface area contributed by atoms with Gasteiger partial charge < -0.3 is 14.5 Å². The van der Waals surface area contributed by atoms with Crippen molar-refractivity contribution in [2.24, 2.45) is 0 Å². The third-order valence-electron chi connectivity index (χ3n) is 2.44. The lowest BCUT2D eigenvalue weighted by atomic mass is 10.1. The summed E-state index contributed by atoms with van der Waals surface area (Å²) in [5, 5.41) is 1.46. The summed E-state index contributed by atoms with van der Waals surface area (Å²) in [5.74, 6) is 1.28. The molecule has 0 saturated carbocycles. The summed E-state index contributed by atoms with van der Waals surface area (Å²) < 4.78 is 11.0. The fraction of sp³-hybridized carbons (Fsp3) is 0.308. The molecule has 2 rings (SSSR count). The monoisotopic (exact) mass is 233 g/mol. The minimum Gasteiger partial charge on any atom is -0.490 e. The minimum absolute atomic E-state index is 0.119. The molecular weight excluding hydrogens is 218 g/mol. The van der Waals surface area contributed by atoms with Crippen LogP contribution in [0.15, 0.2) is 29.2 Å². The average Bonchev–Trinajstić information content (AvgIpc) is 2.32. The van der Waals surface area contributed by atoms with Gasteiger partial charge in [-0.1, -0.05) is 0 Å². The molecule has 0 atom stereocenters. The number of aromatic nitrogens is 1. The van der Waals surface area contributed by atoms with Crippen LogP contribution >= 0.6 is 0 Å². The summed E-state index contributed by atoms with van der Waals surface area (Å²) in [7, 11) is 0. The lowest BCUT2D eigenvalue weighted by Crippen LogP contribution is -2.06. The highest BCUT2D eigenvalue weighted by Gasteiger charge is 2.08. The first-order valence-electron chi connectivity index (χ1n) is 5.67. The maximum absolute atomic E-state index is 11.7. The number of nitrogens with one attached hydrogen (secondary N) is 1. The van der Waals surface area contributed by atoms with E-state index in [9.17, 15) is 4.79 Å². The van der Waals surface area contributed by atoms with Crippen LogP contribution in [0.5, 0.6) is 11.5 Å². The second kappa shape index (κ2) is 4.91. The standard InChI is InChI=1S/C13H15NO3/c1-3-16-11-7-9-5-6-14-13(15)10(9)8-12(11)17-4-2/h5-8H,3-4H2,1-2H3,(H,14,15). The van der Waals surface area contributed by atoms with E-state index in [1.54, 1.807) is 12.3 Å². The van der Waals surface area contributed by atoms with E-state index in [1.165, 1.54) is 0 Å². The van der Waals surface area contributed by atoms with E-state index in [2.05, 4.69) is 4.98 Å². The summed E-state index contributed by atoms with van der Waals surface area (Å²) in [5.41, 5.74) is -0.119. The van der Waals surface area contributed by atoms with Crippen molar-refractivity contribution in [3.63, 3.8) is 0 Å². The fourth-order valence-electron chi connectivity index (χ4n) is 1.73. The molecule has 0 aliphatic heterocycles. The summed E-state index contributed by atoms with van der Waals surface area (Å²) in [6.07, 6.45) is 1.63. The van der Waals surface area contributed by atoms with Crippen LogP contribution in [-0.2, 0) is 0 Å². The molecule has 1 N–H and O–H groups in total. The van der Waals surface area contributed by atoms with Gasteiger partial charge in [0.2, 0.25) is 0 Å². The molecule has 90 valence electrons. The third kappa shape index (κ3) is 2.25. The Kier molecular flexibility index (Phi) is 3.32. The van der Waals surface area contributed by atoms with E-state index < -0.39 is 0 Å². The SMILES string of the molecule is CCOc1cc2cc[nH]c(=O)c2cc1OCC. The van der Waals surface area contributed by atoms with Gasteiger partial charge in [0.15, 0.2) is 11.5 Å². The molecule has 0 spiro atoms. The molecule has 0 bridgehead atoms. The Morgan fingerprint density at radius 2 is 1.76 bits per heavy atom. The third-order valence-corrected chi connectivity index (χ3v) is 2.44. The van der Waals surface area contributed by atoms with Gasteiger partial charge in [0.1, 0.15) is 0 Å². The van der Waals surface area contributed by atoms with E-state index in [0.29, 0.717) is 30.1 Å². The van der Waals surface area contributed by atoms with Crippen molar-refractivity contribution >= 4 is 10.8 Å². The van der Waals surface area contributed by atoms with E-state index in [1.807, 2.05) is 26.0 Å². The molecule has 0 amide bonds. The van der Waals surface area contributed by atoms with Crippen molar-refractivity contribution in [1.29, 1.82) is 0 Å². The van der Waals surface area contributed by atoms with Gasteiger partial charge >= 0.3 is 0 Å². The molecule has 4 nitrogen and oxygen atoms in total. The van der Waals surface area contributed by atoms with Crippen molar-refractivity contribution in [2.75, 3.05) is 13.2 Å². The van der Waals surface area contributed by atoms with Crippen LogP contribution in [-0.4, -0.2) is 18.2 Å². The number of rotatable bonds is 4. The number of pyridine rings is 1. The van der Waals surface area contributed by atoms with E-state index >= 15 is 0 Å². The Morgan fingerprint density at radius 1 is 1.12 bits per heavy atom. The van der Waals surface area contributed by atoms with E-state index in [4.69, 9.17) is 9.47 Å². The Bertz CT molecular complexity index is 574. The van der Waals surface area contributed by atoms with Crippen LogP contribution in [0.3, 0.4) is 0 Å². The zero-order valence-corrected chi connectivity index (χ0v) is 9.95. The summed E-state index contributed by atoms with van der Waals surface area (Å²) in [6, 6.07) is 5.40. The molecule has 1 heterocycles. The summed E-state index contributed by atoms with van der Waals surface area (Å²) in [4.78, 5) is 14.3. The predicted octanol–water partition coefficient (Wildman–Crippen LogP) is 2.33. The quantitative estimate of drug-likeness (QED) is 0.881. The van der Waals surface area contributed by atoms with Crippen LogP contribution in [0, 0.1) is 0 Å². The number of benzene rings is 1. The predicted molar refractivity (Wildman–Crippen MR) is 66.9 cm³/mol. The lowest BCUT2D eigenvalue weighted by Gasteiger charge is -2.11. The van der Waals surface area contributed by atoms with Gasteiger partial charge in [-0.05, 0) is 37.4 Å². The molecular formula is C13H15NO3. The molecule has 0 radical (unpaired) electrons. The molecule has 2 aromatic rings. The molecule has 0 saturated heterocycles. The number of hydrogen-bond acceptors (Lipinski definition) is 3. The van der Waals surface area contributed by atoms with Crippen molar-refractivity contribution < 1.29 is 9.47 Å². The van der Waals surface area contributed by atoms with Crippen LogP contribution in [0.1, 0.15) is 13.8 Å². The van der Waals surface area contributed by atoms with Gasteiger partial charge in [0.05, 0.1) is 18.6 Å². The summed E-state index contributed by atoms with van der Waals surface area (Å²) in [6.45, 7) is 4.91. The normalized spacial score (nSPS) is 10.5. The van der Waals surface area contributed by atoms with Gasteiger partial charge in [0.25, 0.3) is 5.56 Å². The lowest BCUT2D eigenvalue weighted by molar-refractivity contribution is 0.288. The number of aromatic amines is 1. The largest absolute Gasteiger partial charge is 0.490 e. The maximum Gasteiger partial charge on any atom is 0.255 e. The fourth-order valence-corrected chi connectivity index (χ4v) is 1.73. The highest BCUT2D eigenvalue weighted by atomic mass is 16.5. The van der Waals surface area contributed by atoms with Crippen molar-refractivity contribution in [3.8, 4) is 11.5 Å². The molecule has 1 aromatic heterocycles. The van der Waals surface area contributed by atoms with Crippen LogP contribution in [0.25, 0.3) is 10.8 Å². The first-order chi connectivity index (χ1) is 8.26. The van der Waals surface area contributed by atoms with Gasteiger partial charge in [-0.2, -0.15) is 0 Å². The molecule has 0 aliphatic rings. The van der Waals surface area contributed by atoms with Gasteiger partial charge in [-0.15, -0.1) is 0 Å². The summed E-state index contributed by atoms with van der Waals surface area (Å²) >= 11 is 0. The van der Waals surface area contributed by atoms with Crippen LogP contribution in [0.4, 0.5) is 0 Å². The molecule has 4 heteroatoms. The number of fused-ring (bicyclic) bond motifs is 1. The Morgan fingerprint density at radius 3 is 2.41 bits per heavy atom. The molecule has 1 aromatic carbocycles. The Labute approximate surface area is 99.2 Å². The first kappa shape index (κ1) is 11.5. The molecule has 0 fully saturated rings. The van der Waals surface area contributed by atoms with E-state index in [-0.39, 0.29) is 5.56 Å². The maximum atomic E-state index is 11.7. The Hall–Kier alpha value is -1.97. The Balaban J connectivity index is 2.63. The van der Waals surface area contributed by atoms with Crippen molar-refractivity contribution in [1.82, 2.24) is 4.98 Å². The number of ether oxygens (including phenoxy) is 2. The molecule has 17 heavy (non-hydrogen) atoms. The number of hydrogen-bond donors (Lipinski definition) is 1. The topological polar surface area (TPSA) is 51.3 Å².